The maximum absolute atomic E-state index is 10.1. The van der Waals surface area contributed by atoms with Gasteiger partial charge in [-0.05, 0) is 27.2 Å². The molecule has 2 rings (SSSR count). The van der Waals surface area contributed by atoms with Gasteiger partial charge >= 0.3 is 0 Å². The number of β-amino-alcohol motifs (C(OH)–C–C–N with tert-alkyl or cyclic N) is 1. The monoisotopic (exact) mass is 280 g/mol. The normalized spacial score (nSPS) is 22.1. The van der Waals surface area contributed by atoms with Crippen molar-refractivity contribution in [3.05, 3.63) is 0 Å². The molecule has 1 aliphatic heterocycles. The lowest BCUT2D eigenvalue weighted by molar-refractivity contribution is 0.0838. The summed E-state index contributed by atoms with van der Waals surface area (Å²) >= 11 is 0. The van der Waals surface area contributed by atoms with Crippen molar-refractivity contribution in [1.29, 1.82) is 0 Å². The number of rotatable bonds is 5. The maximum Gasteiger partial charge on any atom is 0.232 e. The first kappa shape index (κ1) is 14.8. The van der Waals surface area contributed by atoms with Crippen molar-refractivity contribution < 1.29 is 5.11 Å². The largest absolute Gasteiger partial charge is 0.388 e. The van der Waals surface area contributed by atoms with E-state index >= 15 is 0 Å². The topological polar surface area (TPSA) is 77.4 Å². The molecule has 1 aromatic heterocycles. The van der Waals surface area contributed by atoms with E-state index in [1.54, 1.807) is 7.05 Å². The Hall–Kier alpha value is -1.63. The van der Waals surface area contributed by atoms with Crippen LogP contribution in [0, 0.1) is 0 Å². The first-order valence-electron chi connectivity index (χ1n) is 7.15. The van der Waals surface area contributed by atoms with Crippen molar-refractivity contribution in [2.75, 3.05) is 48.3 Å². The third-order valence-corrected chi connectivity index (χ3v) is 3.62. The SMILES string of the molecule is CCN(CC)c1nc(NC)nc(N2CCC(C)(O)C2)n1. The molecule has 0 aliphatic carbocycles. The van der Waals surface area contributed by atoms with Gasteiger partial charge in [-0.25, -0.2) is 0 Å². The fourth-order valence-electron chi connectivity index (χ4n) is 2.37. The van der Waals surface area contributed by atoms with Gasteiger partial charge in [0.15, 0.2) is 0 Å². The summed E-state index contributed by atoms with van der Waals surface area (Å²) in [6, 6.07) is 0. The second kappa shape index (κ2) is 5.78. The van der Waals surface area contributed by atoms with Crippen molar-refractivity contribution in [3.63, 3.8) is 0 Å². The smallest absolute Gasteiger partial charge is 0.232 e. The molecule has 1 fully saturated rings. The third kappa shape index (κ3) is 3.09. The fourth-order valence-corrected chi connectivity index (χ4v) is 2.37. The summed E-state index contributed by atoms with van der Waals surface area (Å²) in [4.78, 5) is 17.5. The summed E-state index contributed by atoms with van der Waals surface area (Å²) in [6.45, 7) is 9.01. The van der Waals surface area contributed by atoms with Crippen LogP contribution in [0.3, 0.4) is 0 Å². The standard InChI is InChI=1S/C13H24N6O/c1-5-18(6-2)11-15-10(14-4)16-12(17-11)19-8-7-13(3,20)9-19/h20H,5-9H2,1-4H3,(H,14,15,16,17). The minimum absolute atomic E-state index is 0.553. The molecule has 2 heterocycles. The quantitative estimate of drug-likeness (QED) is 0.823. The number of anilines is 3. The van der Waals surface area contributed by atoms with Crippen LogP contribution in [-0.4, -0.2) is 58.9 Å². The molecule has 0 aromatic carbocycles. The van der Waals surface area contributed by atoms with Crippen LogP contribution >= 0.6 is 0 Å². The maximum atomic E-state index is 10.1. The van der Waals surface area contributed by atoms with Gasteiger partial charge in [-0.3, -0.25) is 0 Å². The Morgan fingerprint density at radius 1 is 1.30 bits per heavy atom. The summed E-state index contributed by atoms with van der Waals surface area (Å²) in [6.07, 6.45) is 0.730. The predicted octanol–water partition coefficient (Wildman–Crippen LogP) is 0.721. The van der Waals surface area contributed by atoms with Gasteiger partial charge in [0.05, 0.1) is 5.60 Å². The Morgan fingerprint density at radius 2 is 2.00 bits per heavy atom. The molecule has 1 unspecified atom stereocenters. The molecule has 112 valence electrons. The molecule has 2 N–H and O–H groups in total. The van der Waals surface area contributed by atoms with Gasteiger partial charge in [0.1, 0.15) is 0 Å². The zero-order valence-electron chi connectivity index (χ0n) is 12.7. The van der Waals surface area contributed by atoms with Gasteiger partial charge in [-0.2, -0.15) is 15.0 Å². The Bertz CT molecular complexity index is 460. The Balaban J connectivity index is 2.31. The van der Waals surface area contributed by atoms with Gasteiger partial charge in [-0.1, -0.05) is 0 Å². The molecule has 0 radical (unpaired) electrons. The molecular weight excluding hydrogens is 256 g/mol. The van der Waals surface area contributed by atoms with Gasteiger partial charge in [0, 0.05) is 33.2 Å². The van der Waals surface area contributed by atoms with Crippen LogP contribution in [-0.2, 0) is 0 Å². The van der Waals surface area contributed by atoms with Gasteiger partial charge < -0.3 is 20.2 Å². The first-order valence-corrected chi connectivity index (χ1v) is 7.15. The van der Waals surface area contributed by atoms with Crippen LogP contribution < -0.4 is 15.1 Å². The Morgan fingerprint density at radius 3 is 2.50 bits per heavy atom. The highest BCUT2D eigenvalue weighted by Crippen LogP contribution is 2.25. The molecule has 1 saturated heterocycles. The van der Waals surface area contributed by atoms with Crippen molar-refractivity contribution >= 4 is 17.8 Å². The lowest BCUT2D eigenvalue weighted by atomic mass is 10.1. The van der Waals surface area contributed by atoms with Crippen LogP contribution in [0.2, 0.25) is 0 Å². The van der Waals surface area contributed by atoms with E-state index < -0.39 is 5.60 Å². The van der Waals surface area contributed by atoms with Crippen LogP contribution in [0.1, 0.15) is 27.2 Å². The van der Waals surface area contributed by atoms with Crippen molar-refractivity contribution in [2.45, 2.75) is 32.8 Å². The molecule has 0 amide bonds. The van der Waals surface area contributed by atoms with Crippen molar-refractivity contribution in [3.8, 4) is 0 Å². The van der Waals surface area contributed by atoms with E-state index in [9.17, 15) is 5.11 Å². The van der Waals surface area contributed by atoms with E-state index in [1.165, 1.54) is 0 Å². The van der Waals surface area contributed by atoms with Crippen LogP contribution in [0.5, 0.6) is 0 Å². The summed E-state index contributed by atoms with van der Waals surface area (Å²) in [5.74, 6) is 1.86. The van der Waals surface area contributed by atoms with E-state index in [2.05, 4.69) is 39.0 Å². The molecule has 0 bridgehead atoms. The van der Waals surface area contributed by atoms with Crippen LogP contribution in [0.15, 0.2) is 0 Å². The van der Waals surface area contributed by atoms with Gasteiger partial charge in [0.25, 0.3) is 0 Å². The summed E-state index contributed by atoms with van der Waals surface area (Å²) in [5.41, 5.74) is -0.665. The lowest BCUT2D eigenvalue weighted by Crippen LogP contribution is -2.32. The highest BCUT2D eigenvalue weighted by atomic mass is 16.3. The van der Waals surface area contributed by atoms with Crippen molar-refractivity contribution in [2.24, 2.45) is 0 Å². The second-order valence-corrected chi connectivity index (χ2v) is 5.35. The second-order valence-electron chi connectivity index (χ2n) is 5.35. The predicted molar refractivity (Wildman–Crippen MR) is 80.4 cm³/mol. The van der Waals surface area contributed by atoms with Crippen LogP contribution in [0.4, 0.5) is 17.8 Å². The highest BCUT2D eigenvalue weighted by Gasteiger charge is 2.33. The Labute approximate surface area is 120 Å². The Kier molecular flexibility index (Phi) is 4.27. The number of aromatic nitrogens is 3. The van der Waals surface area contributed by atoms with Crippen molar-refractivity contribution in [1.82, 2.24) is 15.0 Å². The van der Waals surface area contributed by atoms with E-state index in [1.807, 2.05) is 11.8 Å². The molecule has 1 aromatic rings. The third-order valence-electron chi connectivity index (χ3n) is 3.62. The zero-order valence-corrected chi connectivity index (χ0v) is 12.7. The zero-order chi connectivity index (χ0) is 14.8. The number of nitrogens with one attached hydrogen (secondary N) is 1. The van der Waals surface area contributed by atoms with Gasteiger partial charge in [0.2, 0.25) is 17.8 Å². The van der Waals surface area contributed by atoms with E-state index in [0.29, 0.717) is 24.4 Å². The molecule has 20 heavy (non-hydrogen) atoms. The number of nitrogens with zero attached hydrogens (tertiary/aromatic N) is 5. The number of hydrogen-bond donors (Lipinski definition) is 2. The van der Waals surface area contributed by atoms with E-state index in [-0.39, 0.29) is 0 Å². The van der Waals surface area contributed by atoms with E-state index in [0.717, 1.165) is 26.1 Å². The van der Waals surface area contributed by atoms with Gasteiger partial charge in [-0.15, -0.1) is 0 Å². The molecule has 1 aliphatic rings. The molecular formula is C13H24N6O. The average molecular weight is 280 g/mol. The first-order chi connectivity index (χ1) is 9.49. The van der Waals surface area contributed by atoms with E-state index in [4.69, 9.17) is 0 Å². The minimum Gasteiger partial charge on any atom is -0.388 e. The fraction of sp³-hybridized carbons (Fsp3) is 0.769. The lowest BCUT2D eigenvalue weighted by Gasteiger charge is -2.23. The average Bonchev–Trinajstić information content (AvgIpc) is 2.80. The highest BCUT2D eigenvalue weighted by molar-refractivity contribution is 5.46. The summed E-state index contributed by atoms with van der Waals surface area (Å²) in [7, 11) is 1.80. The summed E-state index contributed by atoms with van der Waals surface area (Å²) < 4.78 is 0. The number of hydrogen-bond acceptors (Lipinski definition) is 7. The molecule has 1 atom stereocenters. The molecule has 7 nitrogen and oxygen atoms in total. The molecule has 7 heteroatoms. The minimum atomic E-state index is -0.665. The summed E-state index contributed by atoms with van der Waals surface area (Å²) in [5, 5.41) is 13.1. The number of aliphatic hydroxyl groups is 1. The molecule has 0 saturated carbocycles. The molecule has 0 spiro atoms. The van der Waals surface area contributed by atoms with Crippen LogP contribution in [0.25, 0.3) is 0 Å².